The molecule has 40 heavy (non-hydrogen) atoms. The molecule has 0 saturated carbocycles. The third kappa shape index (κ3) is 5.68. The normalized spacial score (nSPS) is 11.0. The molecule has 0 atom stereocenters. The number of rotatable bonds is 8. The average molecular weight is 534 g/mol. The van der Waals surface area contributed by atoms with Crippen molar-refractivity contribution in [2.24, 2.45) is 5.92 Å². The van der Waals surface area contributed by atoms with Crippen LogP contribution in [0.5, 0.6) is 0 Å². The highest BCUT2D eigenvalue weighted by Gasteiger charge is 2.13. The average Bonchev–Trinajstić information content (AvgIpc) is 3.41. The first kappa shape index (κ1) is 26.6. The Morgan fingerprint density at radius 3 is 2.42 bits per heavy atom. The largest absolute Gasteiger partial charge is 0.355 e. The summed E-state index contributed by atoms with van der Waals surface area (Å²) in [4.78, 5) is 34.0. The molecular weight excluding hydrogens is 502 g/mol. The maximum atomic E-state index is 12.9. The molecule has 2 amide bonds. The van der Waals surface area contributed by atoms with Crippen LogP contribution in [0.15, 0.2) is 79.1 Å². The van der Waals surface area contributed by atoms with Crippen LogP contribution in [-0.4, -0.2) is 38.6 Å². The highest BCUT2D eigenvalue weighted by atomic mass is 16.2. The van der Waals surface area contributed by atoms with Crippen LogP contribution < -0.4 is 16.0 Å². The van der Waals surface area contributed by atoms with Crippen LogP contribution in [0.2, 0.25) is 0 Å². The van der Waals surface area contributed by atoms with Gasteiger partial charge in [0.25, 0.3) is 11.8 Å². The van der Waals surface area contributed by atoms with Gasteiger partial charge < -0.3 is 16.0 Å². The second-order valence-corrected chi connectivity index (χ2v) is 9.99. The lowest BCUT2D eigenvalue weighted by molar-refractivity contribution is 0.0961. The summed E-state index contributed by atoms with van der Waals surface area (Å²) in [7, 11) is 1.57. The van der Waals surface area contributed by atoms with Gasteiger partial charge in [0.1, 0.15) is 0 Å². The maximum absolute atomic E-state index is 12.9. The quantitative estimate of drug-likeness (QED) is 0.232. The standard InChI is InChI=1S/C31H31N7O2/c1-19(2)18-38-28(14-15-34-38)24-6-5-7-26-25(24)17-33-31(37-26)35-23-13-8-20(3)27(16-23)36-30(40)22-11-9-21(10-12-22)29(39)32-4/h5-17,19H,18H2,1-4H3,(H,32,39)(H,36,40)(H,33,35,37). The van der Waals surface area contributed by atoms with Crippen molar-refractivity contribution < 1.29 is 9.59 Å². The summed E-state index contributed by atoms with van der Waals surface area (Å²) >= 11 is 0. The van der Waals surface area contributed by atoms with Crippen molar-refractivity contribution in [3.05, 3.63) is 95.8 Å². The van der Waals surface area contributed by atoms with E-state index in [1.54, 1.807) is 31.3 Å². The zero-order chi connectivity index (χ0) is 28.2. The van der Waals surface area contributed by atoms with Crippen LogP contribution in [0.3, 0.4) is 0 Å². The lowest BCUT2D eigenvalue weighted by Crippen LogP contribution is -2.18. The fraction of sp³-hybridized carbons (Fsp3) is 0.194. The Morgan fingerprint density at radius 1 is 0.950 bits per heavy atom. The minimum absolute atomic E-state index is 0.202. The molecule has 0 bridgehead atoms. The fourth-order valence-electron chi connectivity index (χ4n) is 4.47. The van der Waals surface area contributed by atoms with Crippen molar-refractivity contribution >= 4 is 40.0 Å². The van der Waals surface area contributed by atoms with Gasteiger partial charge in [-0.15, -0.1) is 0 Å². The Bertz CT molecular complexity index is 1690. The molecule has 3 N–H and O–H groups in total. The molecule has 2 heterocycles. The van der Waals surface area contributed by atoms with Crippen molar-refractivity contribution in [1.29, 1.82) is 0 Å². The topological polar surface area (TPSA) is 114 Å². The number of nitrogens with one attached hydrogen (secondary N) is 3. The number of carbonyl (C=O) groups excluding carboxylic acids is 2. The predicted octanol–water partition coefficient (Wildman–Crippen LogP) is 5.81. The molecule has 0 spiro atoms. The number of amides is 2. The first-order valence-corrected chi connectivity index (χ1v) is 13.1. The van der Waals surface area contributed by atoms with Crippen LogP contribution >= 0.6 is 0 Å². The Kier molecular flexibility index (Phi) is 7.54. The minimum Gasteiger partial charge on any atom is -0.355 e. The van der Waals surface area contributed by atoms with Gasteiger partial charge >= 0.3 is 0 Å². The van der Waals surface area contributed by atoms with Gasteiger partial charge in [0, 0.05) is 59.4 Å². The van der Waals surface area contributed by atoms with Gasteiger partial charge in [-0.3, -0.25) is 14.3 Å². The Morgan fingerprint density at radius 2 is 1.70 bits per heavy atom. The Hall–Kier alpha value is -5.05. The summed E-state index contributed by atoms with van der Waals surface area (Å²) < 4.78 is 2.02. The van der Waals surface area contributed by atoms with E-state index in [1.807, 2.05) is 60.4 Å². The zero-order valence-electron chi connectivity index (χ0n) is 22.9. The van der Waals surface area contributed by atoms with E-state index < -0.39 is 0 Å². The van der Waals surface area contributed by atoms with Crippen LogP contribution in [0, 0.1) is 12.8 Å². The van der Waals surface area contributed by atoms with Gasteiger partial charge in [0.15, 0.2) is 0 Å². The number of nitrogens with zero attached hydrogens (tertiary/aromatic N) is 4. The second-order valence-electron chi connectivity index (χ2n) is 9.99. The summed E-state index contributed by atoms with van der Waals surface area (Å²) in [5, 5.41) is 14.2. The summed E-state index contributed by atoms with van der Waals surface area (Å²) in [6.07, 6.45) is 3.65. The molecule has 9 nitrogen and oxygen atoms in total. The van der Waals surface area contributed by atoms with E-state index in [1.165, 1.54) is 0 Å². The van der Waals surface area contributed by atoms with Crippen molar-refractivity contribution in [1.82, 2.24) is 25.1 Å². The Labute approximate surface area is 232 Å². The summed E-state index contributed by atoms with van der Waals surface area (Å²) in [6.45, 7) is 7.09. The van der Waals surface area contributed by atoms with E-state index in [2.05, 4.69) is 45.9 Å². The monoisotopic (exact) mass is 533 g/mol. The number of carbonyl (C=O) groups is 2. The lowest BCUT2D eigenvalue weighted by atomic mass is 10.1. The van der Waals surface area contributed by atoms with Gasteiger partial charge in [-0.1, -0.05) is 32.0 Å². The molecule has 3 aromatic carbocycles. The number of hydrogen-bond acceptors (Lipinski definition) is 6. The van der Waals surface area contributed by atoms with E-state index in [0.717, 1.165) is 40.0 Å². The van der Waals surface area contributed by atoms with Crippen molar-refractivity contribution in [2.75, 3.05) is 17.7 Å². The molecule has 5 aromatic rings. The lowest BCUT2D eigenvalue weighted by Gasteiger charge is -2.13. The maximum Gasteiger partial charge on any atom is 0.255 e. The summed E-state index contributed by atoms with van der Waals surface area (Å²) in [5.41, 5.74) is 6.12. The van der Waals surface area contributed by atoms with Gasteiger partial charge in [-0.2, -0.15) is 5.10 Å². The number of aryl methyl sites for hydroxylation is 1. The van der Waals surface area contributed by atoms with Crippen LogP contribution in [0.4, 0.5) is 17.3 Å². The van der Waals surface area contributed by atoms with Gasteiger partial charge in [0.2, 0.25) is 5.95 Å². The van der Waals surface area contributed by atoms with Gasteiger partial charge in [-0.25, -0.2) is 9.97 Å². The van der Waals surface area contributed by atoms with Crippen LogP contribution in [0.1, 0.15) is 40.1 Å². The minimum atomic E-state index is -0.269. The molecule has 202 valence electrons. The smallest absolute Gasteiger partial charge is 0.255 e. The summed E-state index contributed by atoms with van der Waals surface area (Å²) in [5.74, 6) is 0.451. The number of anilines is 3. The van der Waals surface area contributed by atoms with E-state index in [4.69, 9.17) is 4.98 Å². The number of hydrogen-bond donors (Lipinski definition) is 3. The predicted molar refractivity (Wildman–Crippen MR) is 158 cm³/mol. The summed E-state index contributed by atoms with van der Waals surface area (Å²) in [6, 6.07) is 20.2. The second kappa shape index (κ2) is 11.4. The highest BCUT2D eigenvalue weighted by molar-refractivity contribution is 6.05. The third-order valence-electron chi connectivity index (χ3n) is 6.53. The molecular formula is C31H31N7O2. The first-order valence-electron chi connectivity index (χ1n) is 13.1. The molecule has 0 aliphatic rings. The van der Waals surface area contributed by atoms with Crippen LogP contribution in [0.25, 0.3) is 22.2 Å². The highest BCUT2D eigenvalue weighted by Crippen LogP contribution is 2.29. The third-order valence-corrected chi connectivity index (χ3v) is 6.53. The van der Waals surface area contributed by atoms with E-state index in [-0.39, 0.29) is 11.8 Å². The van der Waals surface area contributed by atoms with Crippen LogP contribution in [-0.2, 0) is 6.54 Å². The number of aromatic nitrogens is 4. The van der Waals surface area contributed by atoms with E-state index in [9.17, 15) is 9.59 Å². The van der Waals surface area contributed by atoms with Gasteiger partial charge in [-0.05, 0) is 66.9 Å². The van der Waals surface area contributed by atoms with Gasteiger partial charge in [0.05, 0.1) is 11.2 Å². The molecule has 0 fully saturated rings. The molecule has 0 aliphatic heterocycles. The number of fused-ring (bicyclic) bond motifs is 1. The van der Waals surface area contributed by atoms with Crippen molar-refractivity contribution in [3.8, 4) is 11.3 Å². The zero-order valence-corrected chi connectivity index (χ0v) is 22.9. The number of benzene rings is 3. The SMILES string of the molecule is CNC(=O)c1ccc(C(=O)Nc2cc(Nc3ncc4c(-c5ccnn5CC(C)C)cccc4n3)ccc2C)cc1. The molecule has 5 rings (SSSR count). The molecule has 0 aliphatic carbocycles. The molecule has 0 unspecified atom stereocenters. The first-order chi connectivity index (χ1) is 19.3. The molecule has 0 radical (unpaired) electrons. The molecule has 2 aromatic heterocycles. The van der Waals surface area contributed by atoms with E-state index in [0.29, 0.717) is 28.7 Å². The molecule has 9 heteroatoms. The fourth-order valence-corrected chi connectivity index (χ4v) is 4.47. The van der Waals surface area contributed by atoms with Crippen molar-refractivity contribution in [2.45, 2.75) is 27.3 Å². The Balaban J connectivity index is 1.36. The van der Waals surface area contributed by atoms with Crippen molar-refractivity contribution in [3.63, 3.8) is 0 Å². The molecule has 0 saturated heterocycles. The van der Waals surface area contributed by atoms with E-state index >= 15 is 0 Å².